The highest BCUT2D eigenvalue weighted by molar-refractivity contribution is 6.32. The van der Waals surface area contributed by atoms with Gasteiger partial charge in [-0.15, -0.1) is 0 Å². The van der Waals surface area contributed by atoms with Crippen LogP contribution >= 0.6 is 11.6 Å². The number of rotatable bonds is 5. The van der Waals surface area contributed by atoms with E-state index in [-0.39, 0.29) is 23.9 Å². The molecule has 1 heterocycles. The van der Waals surface area contributed by atoms with Gasteiger partial charge in [0.1, 0.15) is 17.3 Å². The van der Waals surface area contributed by atoms with Crippen LogP contribution in [0.4, 0.5) is 14.9 Å². The summed E-state index contributed by atoms with van der Waals surface area (Å²) in [4.78, 5) is 27.2. The molecular weight excluding hydrogens is 399 g/mol. The second-order valence-electron chi connectivity index (χ2n) is 6.77. The predicted octanol–water partition coefficient (Wildman–Crippen LogP) is 4.62. The van der Waals surface area contributed by atoms with Crippen LogP contribution in [-0.4, -0.2) is 44.0 Å². The van der Waals surface area contributed by atoms with E-state index in [1.165, 1.54) is 32.4 Å². The van der Waals surface area contributed by atoms with Crippen molar-refractivity contribution in [3.05, 3.63) is 52.8 Å². The highest BCUT2D eigenvalue weighted by Crippen LogP contribution is 2.29. The third-order valence-electron chi connectivity index (χ3n) is 4.91. The van der Waals surface area contributed by atoms with E-state index < -0.39 is 11.7 Å². The van der Waals surface area contributed by atoms with Crippen molar-refractivity contribution in [3.8, 4) is 11.5 Å². The Balaban J connectivity index is 1.70. The molecule has 2 amide bonds. The van der Waals surface area contributed by atoms with Gasteiger partial charge in [-0.05, 0) is 49.2 Å². The van der Waals surface area contributed by atoms with Crippen molar-refractivity contribution in [1.82, 2.24) is 4.90 Å². The highest BCUT2D eigenvalue weighted by atomic mass is 35.5. The maximum atomic E-state index is 13.6. The number of likely N-dealkylation sites (tertiary alicyclic amines) is 1. The lowest BCUT2D eigenvalue weighted by Crippen LogP contribution is -2.44. The van der Waals surface area contributed by atoms with E-state index in [4.69, 9.17) is 21.1 Å². The number of Topliss-reactive ketones (excluding diaryl/α,β-unsaturated/α-hetero) is 1. The number of amides is 2. The van der Waals surface area contributed by atoms with Crippen LogP contribution in [-0.2, 0) is 0 Å². The van der Waals surface area contributed by atoms with E-state index in [0.717, 1.165) is 0 Å². The third kappa shape index (κ3) is 4.79. The number of piperidine rings is 1. The van der Waals surface area contributed by atoms with E-state index in [1.807, 2.05) is 0 Å². The minimum absolute atomic E-state index is 0.196. The first-order valence-corrected chi connectivity index (χ1v) is 9.58. The Hall–Kier alpha value is -2.80. The zero-order valence-corrected chi connectivity index (χ0v) is 17.0. The molecule has 29 heavy (non-hydrogen) atoms. The van der Waals surface area contributed by atoms with Crippen molar-refractivity contribution < 1.29 is 23.5 Å². The molecule has 6 nitrogen and oxygen atoms in total. The van der Waals surface area contributed by atoms with Gasteiger partial charge in [-0.25, -0.2) is 9.18 Å². The van der Waals surface area contributed by atoms with Crippen molar-refractivity contribution in [2.24, 2.45) is 5.92 Å². The molecular formula is C21H22ClFN2O4. The fourth-order valence-electron chi connectivity index (χ4n) is 3.41. The summed E-state index contributed by atoms with van der Waals surface area (Å²) in [5, 5.41) is 3.17. The lowest BCUT2D eigenvalue weighted by Gasteiger charge is -2.32. The minimum atomic E-state index is -0.504. The Morgan fingerprint density at radius 3 is 2.55 bits per heavy atom. The highest BCUT2D eigenvalue weighted by Gasteiger charge is 2.30. The number of benzene rings is 2. The van der Waals surface area contributed by atoms with Crippen molar-refractivity contribution in [1.29, 1.82) is 0 Å². The molecule has 1 fully saturated rings. The molecule has 1 N–H and O–H groups in total. The van der Waals surface area contributed by atoms with Gasteiger partial charge in [0.15, 0.2) is 5.78 Å². The third-order valence-corrected chi connectivity index (χ3v) is 5.20. The number of methoxy groups -OCH3 is 2. The van der Waals surface area contributed by atoms with Crippen LogP contribution in [0.3, 0.4) is 0 Å². The summed E-state index contributed by atoms with van der Waals surface area (Å²) in [5.41, 5.74) is 0.725. The number of carbonyl (C=O) groups is 2. The van der Waals surface area contributed by atoms with Crippen LogP contribution < -0.4 is 14.8 Å². The number of ether oxygens (including phenoxy) is 2. The zero-order chi connectivity index (χ0) is 21.0. The summed E-state index contributed by atoms with van der Waals surface area (Å²) in [5.74, 6) is -0.324. The number of ketones is 1. The SMILES string of the molecule is COc1ccc(NC(=O)N2CCC[C@H](C(=O)c3cc(F)ccc3OC)C2)cc1Cl. The van der Waals surface area contributed by atoms with E-state index in [1.54, 1.807) is 23.1 Å². The van der Waals surface area contributed by atoms with Gasteiger partial charge in [-0.1, -0.05) is 11.6 Å². The molecule has 0 unspecified atom stereocenters. The Morgan fingerprint density at radius 2 is 1.86 bits per heavy atom. The molecule has 0 saturated carbocycles. The molecule has 8 heteroatoms. The summed E-state index contributed by atoms with van der Waals surface area (Å²) < 4.78 is 23.9. The average Bonchev–Trinajstić information content (AvgIpc) is 2.73. The number of anilines is 1. The number of hydrogen-bond acceptors (Lipinski definition) is 4. The molecule has 0 aromatic heterocycles. The quantitative estimate of drug-likeness (QED) is 0.716. The Kier molecular flexibility index (Phi) is 6.59. The summed E-state index contributed by atoms with van der Waals surface area (Å²) in [6.45, 7) is 0.772. The summed E-state index contributed by atoms with van der Waals surface area (Å²) in [6, 6.07) is 8.49. The number of nitrogens with zero attached hydrogens (tertiary/aromatic N) is 1. The standard InChI is InChI=1S/C21H22ClFN2O4/c1-28-18-7-5-14(23)10-16(18)20(26)13-4-3-9-25(12-13)21(27)24-15-6-8-19(29-2)17(22)11-15/h5-8,10-11,13H,3-4,9,12H2,1-2H3,(H,24,27)/t13-/m0/s1. The van der Waals surface area contributed by atoms with Gasteiger partial charge < -0.3 is 19.7 Å². The molecule has 1 aliphatic rings. The molecule has 2 aromatic carbocycles. The molecule has 3 rings (SSSR count). The summed E-state index contributed by atoms with van der Waals surface area (Å²) >= 11 is 6.10. The number of halogens is 2. The maximum Gasteiger partial charge on any atom is 0.321 e. The number of hydrogen-bond donors (Lipinski definition) is 1. The van der Waals surface area contributed by atoms with Gasteiger partial charge in [0.2, 0.25) is 0 Å². The molecule has 154 valence electrons. The largest absolute Gasteiger partial charge is 0.496 e. The van der Waals surface area contributed by atoms with Crippen molar-refractivity contribution in [3.63, 3.8) is 0 Å². The van der Waals surface area contributed by atoms with E-state index in [0.29, 0.717) is 41.6 Å². The van der Waals surface area contributed by atoms with E-state index >= 15 is 0 Å². The molecule has 2 aromatic rings. The van der Waals surface area contributed by atoms with Gasteiger partial charge in [0.25, 0.3) is 0 Å². The second-order valence-corrected chi connectivity index (χ2v) is 7.18. The average molecular weight is 421 g/mol. The van der Waals surface area contributed by atoms with Crippen LogP contribution in [0, 0.1) is 11.7 Å². The first kappa shape index (κ1) is 20.9. The van der Waals surface area contributed by atoms with Crippen LogP contribution in [0.2, 0.25) is 5.02 Å². The van der Waals surface area contributed by atoms with E-state index in [9.17, 15) is 14.0 Å². The van der Waals surface area contributed by atoms with Crippen molar-refractivity contribution in [2.45, 2.75) is 12.8 Å². The summed E-state index contributed by atoms with van der Waals surface area (Å²) in [7, 11) is 2.95. The Bertz CT molecular complexity index is 922. The monoisotopic (exact) mass is 420 g/mol. The van der Waals surface area contributed by atoms with Crippen molar-refractivity contribution in [2.75, 3.05) is 32.6 Å². The Morgan fingerprint density at radius 1 is 1.14 bits per heavy atom. The first-order valence-electron chi connectivity index (χ1n) is 9.20. The normalized spacial score (nSPS) is 16.3. The molecule has 0 aliphatic carbocycles. The van der Waals surface area contributed by atoms with Gasteiger partial charge in [0.05, 0.1) is 24.8 Å². The minimum Gasteiger partial charge on any atom is -0.496 e. The van der Waals surface area contributed by atoms with Crippen molar-refractivity contribution >= 4 is 29.1 Å². The number of carbonyl (C=O) groups excluding carboxylic acids is 2. The second kappa shape index (κ2) is 9.13. The smallest absolute Gasteiger partial charge is 0.321 e. The molecule has 0 spiro atoms. The predicted molar refractivity (Wildman–Crippen MR) is 109 cm³/mol. The van der Waals surface area contributed by atoms with Gasteiger partial charge in [-0.3, -0.25) is 4.79 Å². The fraction of sp³-hybridized carbons (Fsp3) is 0.333. The van der Waals surface area contributed by atoms with Gasteiger partial charge >= 0.3 is 6.03 Å². The van der Waals surface area contributed by atoms with Crippen LogP contribution in [0.15, 0.2) is 36.4 Å². The first-order chi connectivity index (χ1) is 13.9. The van der Waals surface area contributed by atoms with E-state index in [2.05, 4.69) is 5.32 Å². The molecule has 0 bridgehead atoms. The molecule has 1 aliphatic heterocycles. The maximum absolute atomic E-state index is 13.6. The fourth-order valence-corrected chi connectivity index (χ4v) is 3.67. The Labute approximate surface area is 173 Å². The summed E-state index contributed by atoms with van der Waals surface area (Å²) in [6.07, 6.45) is 1.29. The van der Waals surface area contributed by atoms with Crippen LogP contribution in [0.5, 0.6) is 11.5 Å². The lowest BCUT2D eigenvalue weighted by molar-refractivity contribution is 0.0848. The zero-order valence-electron chi connectivity index (χ0n) is 16.2. The van der Waals surface area contributed by atoms with Gasteiger partial charge in [0, 0.05) is 24.7 Å². The molecule has 1 atom stereocenters. The van der Waals surface area contributed by atoms with Gasteiger partial charge in [-0.2, -0.15) is 0 Å². The lowest BCUT2D eigenvalue weighted by atomic mass is 9.89. The van der Waals surface area contributed by atoms with Crippen LogP contribution in [0.1, 0.15) is 23.2 Å². The topological polar surface area (TPSA) is 67.9 Å². The number of urea groups is 1. The van der Waals surface area contributed by atoms with Crippen LogP contribution in [0.25, 0.3) is 0 Å². The molecule has 0 radical (unpaired) electrons. The molecule has 1 saturated heterocycles. The number of nitrogens with one attached hydrogen (secondary N) is 1.